The van der Waals surface area contributed by atoms with Gasteiger partial charge in [-0.2, -0.15) is 5.10 Å². The Morgan fingerprint density at radius 2 is 1.87 bits per heavy atom. The van der Waals surface area contributed by atoms with Gasteiger partial charge in [0.05, 0.1) is 11.4 Å². The molecule has 0 N–H and O–H groups in total. The van der Waals surface area contributed by atoms with Crippen molar-refractivity contribution in [3.8, 4) is 0 Å². The van der Waals surface area contributed by atoms with Crippen molar-refractivity contribution in [2.75, 3.05) is 30.4 Å². The van der Waals surface area contributed by atoms with Crippen LogP contribution >= 0.6 is 0 Å². The molecule has 1 atom stereocenters. The van der Waals surface area contributed by atoms with E-state index < -0.39 is 0 Å². The smallest absolute Gasteiger partial charge is 0.274 e. The van der Waals surface area contributed by atoms with E-state index in [1.54, 1.807) is 7.05 Å². The molecule has 23 heavy (non-hydrogen) atoms. The minimum Gasteiger partial charge on any atom is -0.373 e. The summed E-state index contributed by atoms with van der Waals surface area (Å²) in [5, 5.41) is 5.47. The summed E-state index contributed by atoms with van der Waals surface area (Å²) >= 11 is 0. The van der Waals surface area contributed by atoms with E-state index in [1.165, 1.54) is 5.01 Å². The average Bonchev–Trinajstić information content (AvgIpc) is 2.67. The fraction of sp³-hybridized carbons (Fsp3) is 0.471. The van der Waals surface area contributed by atoms with Crippen LogP contribution in [0.5, 0.6) is 0 Å². The normalized spacial score (nSPS) is 21.7. The van der Waals surface area contributed by atoms with Crippen LogP contribution in [-0.4, -0.2) is 49.2 Å². The Hall–Kier alpha value is -2.37. The number of amides is 2. The Balaban J connectivity index is 2.00. The first kappa shape index (κ1) is 15.5. The van der Waals surface area contributed by atoms with Gasteiger partial charge in [-0.25, -0.2) is 5.01 Å². The van der Waals surface area contributed by atoms with Crippen LogP contribution in [-0.2, 0) is 9.59 Å². The first-order valence-electron chi connectivity index (χ1n) is 7.97. The molecule has 2 aliphatic rings. The molecule has 122 valence electrons. The van der Waals surface area contributed by atoms with Crippen molar-refractivity contribution in [3.05, 3.63) is 24.3 Å². The summed E-state index contributed by atoms with van der Waals surface area (Å²) < 4.78 is 0. The molecule has 6 heteroatoms. The van der Waals surface area contributed by atoms with Crippen molar-refractivity contribution in [1.29, 1.82) is 0 Å². The van der Waals surface area contributed by atoms with Crippen LogP contribution in [0.25, 0.3) is 0 Å². The minimum atomic E-state index is -0.0976. The molecule has 2 aliphatic heterocycles. The fourth-order valence-electron chi connectivity index (χ4n) is 3.13. The highest BCUT2D eigenvalue weighted by Crippen LogP contribution is 2.34. The lowest BCUT2D eigenvalue weighted by Gasteiger charge is -2.30. The molecule has 0 spiro atoms. The van der Waals surface area contributed by atoms with Crippen molar-refractivity contribution >= 4 is 28.9 Å². The predicted octanol–water partition coefficient (Wildman–Crippen LogP) is 1.86. The number of carbonyl (C=O) groups excluding carboxylic acids is 2. The maximum atomic E-state index is 13.1. The van der Waals surface area contributed by atoms with Crippen LogP contribution in [0.4, 0.5) is 11.4 Å². The summed E-state index contributed by atoms with van der Waals surface area (Å²) in [6.45, 7) is 2.96. The van der Waals surface area contributed by atoms with Crippen LogP contribution in [0.3, 0.4) is 0 Å². The van der Waals surface area contributed by atoms with Crippen LogP contribution in [0.15, 0.2) is 29.4 Å². The van der Waals surface area contributed by atoms with Gasteiger partial charge in [0.1, 0.15) is 5.71 Å². The van der Waals surface area contributed by atoms with Gasteiger partial charge in [-0.3, -0.25) is 9.59 Å². The van der Waals surface area contributed by atoms with Gasteiger partial charge in [-0.15, -0.1) is 0 Å². The molecule has 0 saturated heterocycles. The van der Waals surface area contributed by atoms with Crippen LogP contribution in [0.2, 0.25) is 0 Å². The highest BCUT2D eigenvalue weighted by atomic mass is 16.2. The number of hydrogen-bond donors (Lipinski definition) is 0. The molecule has 1 aromatic carbocycles. The van der Waals surface area contributed by atoms with E-state index in [2.05, 4.69) is 16.9 Å². The number of hydrogen-bond acceptors (Lipinski definition) is 4. The van der Waals surface area contributed by atoms with Crippen molar-refractivity contribution < 1.29 is 9.59 Å². The average molecular weight is 314 g/mol. The first-order valence-corrected chi connectivity index (χ1v) is 7.97. The SMILES string of the molecule is C[C@@H]1CCN(C)c2ccccc2N1C(=O)C1=NN(C)C(=O)CC1. The molecule has 0 aromatic heterocycles. The van der Waals surface area contributed by atoms with Gasteiger partial charge >= 0.3 is 0 Å². The lowest BCUT2D eigenvalue weighted by Crippen LogP contribution is -2.45. The number of nitrogens with zero attached hydrogens (tertiary/aromatic N) is 4. The monoisotopic (exact) mass is 314 g/mol. The summed E-state index contributed by atoms with van der Waals surface area (Å²) in [6, 6.07) is 8.02. The van der Waals surface area contributed by atoms with Crippen molar-refractivity contribution in [2.45, 2.75) is 32.2 Å². The molecule has 6 nitrogen and oxygen atoms in total. The Kier molecular flexibility index (Phi) is 4.07. The highest BCUT2D eigenvalue weighted by Gasteiger charge is 2.32. The van der Waals surface area contributed by atoms with E-state index in [0.717, 1.165) is 24.3 Å². The molecule has 2 heterocycles. The second-order valence-corrected chi connectivity index (χ2v) is 6.19. The lowest BCUT2D eigenvalue weighted by molar-refractivity contribution is -0.130. The second-order valence-electron chi connectivity index (χ2n) is 6.19. The molecular formula is C17H22N4O2. The van der Waals surface area contributed by atoms with Gasteiger partial charge in [0.2, 0.25) is 5.91 Å². The van der Waals surface area contributed by atoms with Crippen molar-refractivity contribution in [3.63, 3.8) is 0 Å². The number of rotatable bonds is 1. The van der Waals surface area contributed by atoms with Gasteiger partial charge in [0.15, 0.2) is 0 Å². The van der Waals surface area contributed by atoms with E-state index in [9.17, 15) is 9.59 Å². The number of carbonyl (C=O) groups is 2. The van der Waals surface area contributed by atoms with Gasteiger partial charge in [-0.05, 0) is 25.5 Å². The topological polar surface area (TPSA) is 56.2 Å². The zero-order chi connectivity index (χ0) is 16.6. The van der Waals surface area contributed by atoms with Crippen LogP contribution in [0, 0.1) is 0 Å². The zero-order valence-corrected chi connectivity index (χ0v) is 13.8. The Bertz CT molecular complexity index is 670. The number of hydrazone groups is 1. The van der Waals surface area contributed by atoms with E-state index >= 15 is 0 Å². The standard InChI is InChI=1S/C17H22N4O2/c1-12-10-11-19(2)14-6-4-5-7-15(14)21(12)17(23)13-8-9-16(22)20(3)18-13/h4-7,12H,8-11H2,1-3H3/t12-/m1/s1. The quantitative estimate of drug-likeness (QED) is 0.795. The molecule has 0 bridgehead atoms. The Labute approximate surface area is 136 Å². The van der Waals surface area contributed by atoms with E-state index in [4.69, 9.17) is 0 Å². The summed E-state index contributed by atoms with van der Waals surface area (Å²) in [5.41, 5.74) is 2.41. The fourth-order valence-corrected chi connectivity index (χ4v) is 3.13. The molecule has 0 aliphatic carbocycles. The maximum Gasteiger partial charge on any atom is 0.274 e. The maximum absolute atomic E-state index is 13.1. The molecular weight excluding hydrogens is 292 g/mol. The van der Waals surface area contributed by atoms with Gasteiger partial charge in [0.25, 0.3) is 5.91 Å². The summed E-state index contributed by atoms with van der Waals surface area (Å²) in [4.78, 5) is 28.7. The zero-order valence-electron chi connectivity index (χ0n) is 13.8. The van der Waals surface area contributed by atoms with Gasteiger partial charge in [0, 0.05) is 39.5 Å². The Morgan fingerprint density at radius 3 is 2.57 bits per heavy atom. The molecule has 0 saturated carbocycles. The molecule has 0 unspecified atom stereocenters. The Morgan fingerprint density at radius 1 is 1.17 bits per heavy atom. The first-order chi connectivity index (χ1) is 11.0. The van der Waals surface area contributed by atoms with Crippen LogP contribution in [0.1, 0.15) is 26.2 Å². The van der Waals surface area contributed by atoms with Crippen molar-refractivity contribution in [1.82, 2.24) is 5.01 Å². The molecule has 0 radical (unpaired) electrons. The molecule has 0 fully saturated rings. The van der Waals surface area contributed by atoms with Crippen LogP contribution < -0.4 is 9.80 Å². The third-order valence-electron chi connectivity index (χ3n) is 4.55. The number of anilines is 2. The number of benzene rings is 1. The minimum absolute atomic E-state index is 0.0504. The molecule has 2 amide bonds. The lowest BCUT2D eigenvalue weighted by atomic mass is 10.1. The van der Waals surface area contributed by atoms with E-state index in [-0.39, 0.29) is 17.9 Å². The largest absolute Gasteiger partial charge is 0.373 e. The van der Waals surface area contributed by atoms with E-state index in [0.29, 0.717) is 18.6 Å². The van der Waals surface area contributed by atoms with E-state index in [1.807, 2.05) is 36.2 Å². The summed E-state index contributed by atoms with van der Waals surface area (Å²) in [6.07, 6.45) is 1.63. The van der Waals surface area contributed by atoms with Crippen molar-refractivity contribution in [2.24, 2.45) is 5.10 Å². The molecule has 1 aromatic rings. The van der Waals surface area contributed by atoms with Gasteiger partial charge < -0.3 is 9.80 Å². The predicted molar refractivity (Wildman–Crippen MR) is 90.7 cm³/mol. The summed E-state index contributed by atoms with van der Waals surface area (Å²) in [7, 11) is 3.65. The third-order valence-corrected chi connectivity index (χ3v) is 4.55. The summed E-state index contributed by atoms with van der Waals surface area (Å²) in [5.74, 6) is -0.148. The molecule has 3 rings (SSSR count). The third kappa shape index (κ3) is 2.81. The number of fused-ring (bicyclic) bond motifs is 1. The highest BCUT2D eigenvalue weighted by molar-refractivity contribution is 6.44. The van der Waals surface area contributed by atoms with Gasteiger partial charge in [-0.1, -0.05) is 12.1 Å². The number of para-hydroxylation sites is 2. The second kappa shape index (κ2) is 6.02.